The highest BCUT2D eigenvalue weighted by Gasteiger charge is 2.15. The molecular weight excluding hydrogens is 299 g/mol. The molecule has 2 atom stereocenters. The van der Waals surface area contributed by atoms with Crippen molar-refractivity contribution in [3.63, 3.8) is 0 Å². The Morgan fingerprint density at radius 2 is 1.35 bits per heavy atom. The molecule has 0 radical (unpaired) electrons. The number of fused-ring (bicyclic) bond motifs is 2. The minimum Gasteiger partial charge on any atom is -0.310 e. The number of rotatable bonds is 1. The van der Waals surface area contributed by atoms with E-state index in [0.717, 1.165) is 13.1 Å². The fourth-order valence-corrected chi connectivity index (χ4v) is 5.31. The van der Waals surface area contributed by atoms with Crippen molar-refractivity contribution in [3.05, 3.63) is 65.7 Å². The quantitative estimate of drug-likeness (QED) is 0.779. The van der Waals surface area contributed by atoms with E-state index in [9.17, 15) is 0 Å². The van der Waals surface area contributed by atoms with E-state index in [-0.39, 0.29) is 7.92 Å². The lowest BCUT2D eigenvalue weighted by Crippen LogP contribution is -2.28. The van der Waals surface area contributed by atoms with E-state index in [1.807, 2.05) is 0 Å². The predicted molar refractivity (Wildman–Crippen MR) is 102 cm³/mol. The Morgan fingerprint density at radius 1 is 0.783 bits per heavy atom. The van der Waals surface area contributed by atoms with Crippen LogP contribution >= 0.6 is 7.92 Å². The van der Waals surface area contributed by atoms with E-state index in [0.29, 0.717) is 12.1 Å². The highest BCUT2D eigenvalue weighted by atomic mass is 31.1. The molecule has 122 valence electrons. The van der Waals surface area contributed by atoms with Crippen LogP contribution in [0.25, 0.3) is 0 Å². The minimum absolute atomic E-state index is 0.0947. The van der Waals surface area contributed by atoms with Gasteiger partial charge in [0, 0.05) is 12.1 Å². The first kappa shape index (κ1) is 16.6. The highest BCUT2D eigenvalue weighted by molar-refractivity contribution is 7.65. The van der Waals surface area contributed by atoms with Crippen LogP contribution in [0.4, 0.5) is 0 Å². The Labute approximate surface area is 141 Å². The Balaban J connectivity index is 1.77. The summed E-state index contributed by atoms with van der Waals surface area (Å²) >= 11 is 0. The van der Waals surface area contributed by atoms with Gasteiger partial charge in [0.1, 0.15) is 0 Å². The van der Waals surface area contributed by atoms with Gasteiger partial charge < -0.3 is 10.6 Å². The fraction of sp³-hybridized carbons (Fsp3) is 0.400. The van der Waals surface area contributed by atoms with Crippen LogP contribution in [0.1, 0.15) is 37.1 Å². The predicted octanol–water partition coefficient (Wildman–Crippen LogP) is 3.81. The zero-order chi connectivity index (χ0) is 16.1. The molecule has 0 saturated heterocycles. The lowest BCUT2D eigenvalue weighted by atomic mass is 10.0. The maximum Gasteiger partial charge on any atom is 0.0292 e. The molecule has 0 saturated carbocycles. The molecule has 2 aromatic rings. The standard InChI is InChI=1S/C20H27N2P/c1-16-18-7-6-8-19(15-18)17(2)22-12-14-23(13-11-21-16)20-9-4-3-5-10-20/h3-10,15-17,21-22H,11-14H2,1-2H3. The first-order chi connectivity index (χ1) is 11.2. The van der Waals surface area contributed by atoms with Gasteiger partial charge in [-0.15, -0.1) is 0 Å². The van der Waals surface area contributed by atoms with Gasteiger partial charge in [0.05, 0.1) is 0 Å². The molecule has 2 nitrogen and oxygen atoms in total. The van der Waals surface area contributed by atoms with Gasteiger partial charge in [-0.1, -0.05) is 62.5 Å². The van der Waals surface area contributed by atoms with E-state index in [1.54, 1.807) is 0 Å². The third-order valence-corrected chi connectivity index (χ3v) is 7.25. The van der Waals surface area contributed by atoms with Crippen molar-refractivity contribution in [3.8, 4) is 0 Å². The minimum atomic E-state index is -0.0947. The topological polar surface area (TPSA) is 24.1 Å². The summed E-state index contributed by atoms with van der Waals surface area (Å²) in [4.78, 5) is 0. The van der Waals surface area contributed by atoms with Crippen LogP contribution in [0.2, 0.25) is 0 Å². The first-order valence-electron chi connectivity index (χ1n) is 8.60. The molecular formula is C20H27N2P. The molecule has 2 bridgehead atoms. The van der Waals surface area contributed by atoms with Gasteiger partial charge in [0.2, 0.25) is 0 Å². The normalized spacial score (nSPS) is 26.1. The Kier molecular flexibility index (Phi) is 5.83. The molecule has 3 rings (SSSR count). The average molecular weight is 326 g/mol. The zero-order valence-corrected chi connectivity index (χ0v) is 15.0. The first-order valence-corrected chi connectivity index (χ1v) is 10.3. The van der Waals surface area contributed by atoms with Crippen LogP contribution in [-0.4, -0.2) is 25.4 Å². The molecule has 0 spiro atoms. The highest BCUT2D eigenvalue weighted by Crippen LogP contribution is 2.33. The summed E-state index contributed by atoms with van der Waals surface area (Å²) in [6, 6.07) is 20.9. The largest absolute Gasteiger partial charge is 0.310 e. The van der Waals surface area contributed by atoms with Crippen molar-refractivity contribution in [1.29, 1.82) is 0 Å². The number of benzene rings is 2. The molecule has 1 aliphatic heterocycles. The molecule has 1 heterocycles. The number of nitrogens with one attached hydrogen (secondary N) is 2. The number of hydrogen-bond donors (Lipinski definition) is 2. The van der Waals surface area contributed by atoms with Crippen molar-refractivity contribution >= 4 is 13.2 Å². The van der Waals surface area contributed by atoms with E-state index in [1.165, 1.54) is 28.8 Å². The summed E-state index contributed by atoms with van der Waals surface area (Å²) in [6.07, 6.45) is 2.50. The number of hydrogen-bond acceptors (Lipinski definition) is 2. The Morgan fingerprint density at radius 3 is 1.91 bits per heavy atom. The van der Waals surface area contributed by atoms with Gasteiger partial charge in [0.25, 0.3) is 0 Å². The summed E-state index contributed by atoms with van der Waals surface area (Å²) in [5.41, 5.74) is 2.78. The molecule has 2 N–H and O–H groups in total. The van der Waals surface area contributed by atoms with Crippen molar-refractivity contribution < 1.29 is 0 Å². The Bertz CT molecular complexity index is 583. The van der Waals surface area contributed by atoms with Gasteiger partial charge in [-0.2, -0.15) is 0 Å². The zero-order valence-electron chi connectivity index (χ0n) is 14.1. The van der Waals surface area contributed by atoms with E-state index >= 15 is 0 Å². The van der Waals surface area contributed by atoms with E-state index in [2.05, 4.69) is 79.1 Å². The molecule has 0 aliphatic carbocycles. The molecule has 0 amide bonds. The van der Waals surface area contributed by atoms with Crippen LogP contribution in [0, 0.1) is 0 Å². The second-order valence-electron chi connectivity index (χ2n) is 6.34. The van der Waals surface area contributed by atoms with Crippen molar-refractivity contribution in [2.24, 2.45) is 0 Å². The van der Waals surface area contributed by atoms with Crippen LogP contribution in [0.15, 0.2) is 54.6 Å². The second-order valence-corrected chi connectivity index (χ2v) is 8.83. The SMILES string of the molecule is CC1NCCP(c2ccccc2)CCNC(C)c2cccc1c2. The third-order valence-electron chi connectivity index (χ3n) is 4.70. The molecule has 23 heavy (non-hydrogen) atoms. The van der Waals surface area contributed by atoms with Gasteiger partial charge in [-0.25, -0.2) is 0 Å². The molecule has 0 aromatic heterocycles. The summed E-state index contributed by atoms with van der Waals surface area (Å²) in [5, 5.41) is 8.97. The van der Waals surface area contributed by atoms with Crippen LogP contribution in [0.3, 0.4) is 0 Å². The maximum absolute atomic E-state index is 3.72. The smallest absolute Gasteiger partial charge is 0.0292 e. The van der Waals surface area contributed by atoms with Crippen LogP contribution in [0.5, 0.6) is 0 Å². The average Bonchev–Trinajstić information content (AvgIpc) is 2.60. The summed E-state index contributed by atoms with van der Waals surface area (Å²) < 4.78 is 0. The second kappa shape index (κ2) is 8.06. The fourth-order valence-electron chi connectivity index (χ4n) is 3.17. The summed E-state index contributed by atoms with van der Waals surface area (Å²) in [6.45, 7) is 6.71. The molecule has 2 unspecified atom stereocenters. The monoisotopic (exact) mass is 326 g/mol. The maximum atomic E-state index is 3.72. The molecule has 3 heteroatoms. The van der Waals surface area contributed by atoms with Crippen molar-refractivity contribution in [2.45, 2.75) is 25.9 Å². The van der Waals surface area contributed by atoms with Crippen molar-refractivity contribution in [1.82, 2.24) is 10.6 Å². The summed E-state index contributed by atoms with van der Waals surface area (Å²) in [5.74, 6) is 0. The van der Waals surface area contributed by atoms with E-state index in [4.69, 9.17) is 0 Å². The van der Waals surface area contributed by atoms with Gasteiger partial charge in [-0.05, 0) is 55.7 Å². The molecule has 2 aromatic carbocycles. The summed E-state index contributed by atoms with van der Waals surface area (Å²) in [7, 11) is -0.0947. The lowest BCUT2D eigenvalue weighted by molar-refractivity contribution is 0.580. The van der Waals surface area contributed by atoms with Gasteiger partial charge in [-0.3, -0.25) is 0 Å². The Hall–Kier alpha value is -1.21. The van der Waals surface area contributed by atoms with Crippen LogP contribution < -0.4 is 15.9 Å². The van der Waals surface area contributed by atoms with Gasteiger partial charge in [0.15, 0.2) is 0 Å². The lowest BCUT2D eigenvalue weighted by Gasteiger charge is -2.24. The van der Waals surface area contributed by atoms with E-state index < -0.39 is 0 Å². The van der Waals surface area contributed by atoms with Crippen LogP contribution in [-0.2, 0) is 0 Å². The molecule has 0 fully saturated rings. The third kappa shape index (κ3) is 4.41. The van der Waals surface area contributed by atoms with Crippen molar-refractivity contribution in [2.75, 3.05) is 25.4 Å². The molecule has 1 aliphatic rings. The van der Waals surface area contributed by atoms with Gasteiger partial charge >= 0.3 is 0 Å².